The van der Waals surface area contributed by atoms with Gasteiger partial charge in [-0.1, -0.05) is 49.9 Å². The van der Waals surface area contributed by atoms with Crippen molar-refractivity contribution in [2.45, 2.75) is 65.8 Å². The third-order valence-electron chi connectivity index (χ3n) is 4.80. The normalized spacial score (nSPS) is 20.2. The predicted molar refractivity (Wildman–Crippen MR) is 83.5 cm³/mol. The van der Waals surface area contributed by atoms with Gasteiger partial charge in [0.05, 0.1) is 0 Å². The number of benzene rings is 1. The Morgan fingerprint density at radius 3 is 2.53 bits per heavy atom. The zero-order valence-corrected chi connectivity index (χ0v) is 13.1. The number of hydrogen-bond donors (Lipinski definition) is 1. The number of nitrogens with one attached hydrogen (secondary N) is 1. The Hall–Kier alpha value is -0.820. The highest BCUT2D eigenvalue weighted by molar-refractivity contribution is 5.32. The van der Waals surface area contributed by atoms with Gasteiger partial charge >= 0.3 is 0 Å². The molecule has 0 bridgehead atoms. The fourth-order valence-corrected chi connectivity index (χ4v) is 3.32. The molecular formula is C18H29N. The van der Waals surface area contributed by atoms with E-state index in [1.807, 2.05) is 0 Å². The van der Waals surface area contributed by atoms with Gasteiger partial charge in [0, 0.05) is 12.6 Å². The molecule has 0 saturated heterocycles. The molecule has 106 valence electrons. The molecule has 1 nitrogen and oxygen atoms in total. The second kappa shape index (κ2) is 6.09. The van der Waals surface area contributed by atoms with Gasteiger partial charge in [-0.05, 0) is 50.2 Å². The van der Waals surface area contributed by atoms with E-state index in [2.05, 4.69) is 51.2 Å². The standard InChI is InChI=1S/C18H29N/c1-14-8-9-15(2)17(12-14)16(3)19-13-18(4)10-6-5-7-11-18/h8-9,12,16,19H,5-7,10-11,13H2,1-4H3. The molecule has 1 saturated carbocycles. The molecule has 0 amide bonds. The van der Waals surface area contributed by atoms with Crippen LogP contribution in [0.25, 0.3) is 0 Å². The van der Waals surface area contributed by atoms with Crippen LogP contribution in [-0.2, 0) is 0 Å². The first-order valence-corrected chi connectivity index (χ1v) is 7.81. The van der Waals surface area contributed by atoms with Crippen LogP contribution in [0, 0.1) is 19.3 Å². The van der Waals surface area contributed by atoms with Crippen molar-refractivity contribution in [3.8, 4) is 0 Å². The lowest BCUT2D eigenvalue weighted by Crippen LogP contribution is -2.35. The predicted octanol–water partition coefficient (Wildman–Crippen LogP) is 4.92. The summed E-state index contributed by atoms with van der Waals surface area (Å²) >= 11 is 0. The van der Waals surface area contributed by atoms with Crippen molar-refractivity contribution in [2.75, 3.05) is 6.54 Å². The summed E-state index contributed by atoms with van der Waals surface area (Å²) in [5.41, 5.74) is 4.74. The van der Waals surface area contributed by atoms with E-state index in [0.29, 0.717) is 11.5 Å². The summed E-state index contributed by atoms with van der Waals surface area (Å²) in [6.45, 7) is 10.3. The first kappa shape index (κ1) is 14.6. The van der Waals surface area contributed by atoms with Crippen molar-refractivity contribution in [2.24, 2.45) is 5.41 Å². The lowest BCUT2D eigenvalue weighted by atomic mass is 9.75. The Kier molecular flexibility index (Phi) is 4.67. The van der Waals surface area contributed by atoms with Crippen molar-refractivity contribution in [1.29, 1.82) is 0 Å². The van der Waals surface area contributed by atoms with Gasteiger partial charge in [-0.3, -0.25) is 0 Å². The monoisotopic (exact) mass is 259 g/mol. The fraction of sp³-hybridized carbons (Fsp3) is 0.667. The van der Waals surface area contributed by atoms with E-state index in [0.717, 1.165) is 6.54 Å². The number of rotatable bonds is 4. The Labute approximate surface area is 118 Å². The largest absolute Gasteiger partial charge is 0.310 e. The number of aryl methyl sites for hydroxylation is 2. The Morgan fingerprint density at radius 1 is 1.16 bits per heavy atom. The first-order chi connectivity index (χ1) is 9.00. The molecule has 0 spiro atoms. The molecule has 0 aromatic heterocycles. The van der Waals surface area contributed by atoms with Crippen molar-refractivity contribution < 1.29 is 0 Å². The van der Waals surface area contributed by atoms with Gasteiger partial charge in [0.25, 0.3) is 0 Å². The molecule has 0 radical (unpaired) electrons. The van der Waals surface area contributed by atoms with Crippen molar-refractivity contribution in [1.82, 2.24) is 5.32 Å². The highest BCUT2D eigenvalue weighted by Gasteiger charge is 2.27. The van der Waals surface area contributed by atoms with E-state index in [1.54, 1.807) is 0 Å². The van der Waals surface area contributed by atoms with Crippen LogP contribution in [0.4, 0.5) is 0 Å². The van der Waals surface area contributed by atoms with Gasteiger partial charge in [-0.2, -0.15) is 0 Å². The Bertz CT molecular complexity index is 416. The molecule has 1 N–H and O–H groups in total. The molecule has 19 heavy (non-hydrogen) atoms. The summed E-state index contributed by atoms with van der Waals surface area (Å²) in [5, 5.41) is 3.78. The van der Waals surface area contributed by atoms with E-state index in [4.69, 9.17) is 0 Å². The minimum Gasteiger partial charge on any atom is -0.310 e. The van der Waals surface area contributed by atoms with Gasteiger partial charge in [-0.15, -0.1) is 0 Å². The van der Waals surface area contributed by atoms with E-state index in [1.165, 1.54) is 48.8 Å². The maximum absolute atomic E-state index is 3.78. The summed E-state index contributed by atoms with van der Waals surface area (Å²) in [6, 6.07) is 7.23. The van der Waals surface area contributed by atoms with Crippen LogP contribution < -0.4 is 5.32 Å². The van der Waals surface area contributed by atoms with Gasteiger partial charge in [0.15, 0.2) is 0 Å². The summed E-state index contributed by atoms with van der Waals surface area (Å²) in [4.78, 5) is 0. The van der Waals surface area contributed by atoms with Gasteiger partial charge in [0.2, 0.25) is 0 Å². The molecule has 1 atom stereocenters. The Morgan fingerprint density at radius 2 is 1.84 bits per heavy atom. The van der Waals surface area contributed by atoms with Crippen molar-refractivity contribution >= 4 is 0 Å². The average molecular weight is 259 g/mol. The van der Waals surface area contributed by atoms with Gasteiger partial charge in [-0.25, -0.2) is 0 Å². The zero-order valence-electron chi connectivity index (χ0n) is 13.1. The van der Waals surface area contributed by atoms with Crippen LogP contribution >= 0.6 is 0 Å². The molecule has 0 heterocycles. The lowest BCUT2D eigenvalue weighted by Gasteiger charge is -2.35. The molecule has 1 heteroatoms. The highest BCUT2D eigenvalue weighted by atomic mass is 14.9. The minimum atomic E-state index is 0.457. The average Bonchev–Trinajstić information content (AvgIpc) is 2.40. The van der Waals surface area contributed by atoms with E-state index < -0.39 is 0 Å². The second-order valence-corrected chi connectivity index (χ2v) is 6.83. The smallest absolute Gasteiger partial charge is 0.0294 e. The van der Waals surface area contributed by atoms with E-state index in [9.17, 15) is 0 Å². The van der Waals surface area contributed by atoms with Crippen LogP contribution in [0.5, 0.6) is 0 Å². The SMILES string of the molecule is Cc1ccc(C)c(C(C)NCC2(C)CCCCC2)c1. The molecule has 1 unspecified atom stereocenters. The van der Waals surface area contributed by atoms with Crippen molar-refractivity contribution in [3.63, 3.8) is 0 Å². The highest BCUT2D eigenvalue weighted by Crippen LogP contribution is 2.35. The third kappa shape index (κ3) is 3.82. The number of hydrogen-bond acceptors (Lipinski definition) is 1. The zero-order chi connectivity index (χ0) is 13.9. The second-order valence-electron chi connectivity index (χ2n) is 6.83. The van der Waals surface area contributed by atoms with Crippen LogP contribution in [0.2, 0.25) is 0 Å². The summed E-state index contributed by atoms with van der Waals surface area (Å²) in [7, 11) is 0. The topological polar surface area (TPSA) is 12.0 Å². The lowest BCUT2D eigenvalue weighted by molar-refractivity contribution is 0.202. The van der Waals surface area contributed by atoms with Gasteiger partial charge < -0.3 is 5.32 Å². The van der Waals surface area contributed by atoms with E-state index in [-0.39, 0.29) is 0 Å². The molecule has 1 fully saturated rings. The Balaban J connectivity index is 1.97. The molecule has 0 aliphatic heterocycles. The van der Waals surface area contributed by atoms with Crippen LogP contribution in [0.1, 0.15) is 68.7 Å². The van der Waals surface area contributed by atoms with Crippen LogP contribution in [-0.4, -0.2) is 6.54 Å². The first-order valence-electron chi connectivity index (χ1n) is 7.81. The molecular weight excluding hydrogens is 230 g/mol. The maximum Gasteiger partial charge on any atom is 0.0294 e. The maximum atomic E-state index is 3.78. The summed E-state index contributed by atoms with van der Waals surface area (Å²) < 4.78 is 0. The molecule has 1 aromatic rings. The van der Waals surface area contributed by atoms with Gasteiger partial charge in [0.1, 0.15) is 0 Å². The third-order valence-corrected chi connectivity index (χ3v) is 4.80. The molecule has 1 aliphatic carbocycles. The minimum absolute atomic E-state index is 0.457. The molecule has 1 aromatic carbocycles. The molecule has 1 aliphatic rings. The molecule has 2 rings (SSSR count). The van der Waals surface area contributed by atoms with Crippen LogP contribution in [0.3, 0.4) is 0 Å². The summed E-state index contributed by atoms with van der Waals surface area (Å²) in [5.74, 6) is 0. The van der Waals surface area contributed by atoms with Crippen molar-refractivity contribution in [3.05, 3.63) is 34.9 Å². The van der Waals surface area contributed by atoms with Crippen LogP contribution in [0.15, 0.2) is 18.2 Å². The summed E-state index contributed by atoms with van der Waals surface area (Å²) in [6.07, 6.45) is 7.03. The fourth-order valence-electron chi connectivity index (χ4n) is 3.32. The quantitative estimate of drug-likeness (QED) is 0.809. The van der Waals surface area contributed by atoms with E-state index >= 15 is 0 Å².